The average molecular weight is 365 g/mol. The zero-order chi connectivity index (χ0) is 17.9. The molecule has 6 heteroatoms. The van der Waals surface area contributed by atoms with E-state index in [1.54, 1.807) is 0 Å². The van der Waals surface area contributed by atoms with Crippen molar-refractivity contribution >= 4 is 24.1 Å². The fourth-order valence-corrected chi connectivity index (χ4v) is 2.39. The van der Waals surface area contributed by atoms with Crippen molar-refractivity contribution in [2.75, 3.05) is 5.32 Å². The fraction of sp³-hybridized carbons (Fsp3) is 0.474. The van der Waals surface area contributed by atoms with Gasteiger partial charge in [-0.1, -0.05) is 39.0 Å². The molecule has 0 spiro atoms. The minimum atomic E-state index is -0.0980. The number of aryl methyl sites for hydroxylation is 1. The van der Waals surface area contributed by atoms with Crippen LogP contribution in [0.5, 0.6) is 0 Å². The third kappa shape index (κ3) is 5.58. The van der Waals surface area contributed by atoms with E-state index < -0.39 is 0 Å². The Balaban J connectivity index is 0.00000312. The van der Waals surface area contributed by atoms with Crippen LogP contribution in [0.2, 0.25) is 0 Å². The maximum Gasteiger partial charge on any atom is 0.225 e. The lowest BCUT2D eigenvalue weighted by Gasteiger charge is -2.14. The number of carbonyl (C=O) groups is 1. The SMILES string of the molecule is Cc1ccccc1-n1nc(C(C)(C)C)cc1NC(=O)CCC(C)N.Cl. The maximum atomic E-state index is 12.2. The summed E-state index contributed by atoms with van der Waals surface area (Å²) in [7, 11) is 0. The number of rotatable bonds is 5. The molecular weight excluding hydrogens is 336 g/mol. The van der Waals surface area contributed by atoms with Gasteiger partial charge >= 0.3 is 0 Å². The van der Waals surface area contributed by atoms with Crippen LogP contribution in [-0.2, 0) is 10.2 Å². The van der Waals surface area contributed by atoms with Gasteiger partial charge in [0.1, 0.15) is 5.82 Å². The third-order valence-electron chi connectivity index (χ3n) is 3.92. The molecule has 0 saturated carbocycles. The second-order valence-corrected chi connectivity index (χ2v) is 7.43. The molecule has 5 nitrogen and oxygen atoms in total. The quantitative estimate of drug-likeness (QED) is 0.843. The van der Waals surface area contributed by atoms with E-state index in [2.05, 4.69) is 26.1 Å². The Kier molecular flexibility index (Phi) is 7.20. The molecule has 25 heavy (non-hydrogen) atoms. The molecule has 0 saturated heterocycles. The topological polar surface area (TPSA) is 72.9 Å². The van der Waals surface area contributed by atoms with Crippen LogP contribution in [0.4, 0.5) is 5.82 Å². The highest BCUT2D eigenvalue weighted by Gasteiger charge is 2.22. The molecule has 1 heterocycles. The van der Waals surface area contributed by atoms with Gasteiger partial charge in [0.05, 0.1) is 11.4 Å². The predicted octanol–water partition coefficient (Wildman–Crippen LogP) is 3.97. The Morgan fingerprint density at radius 2 is 1.96 bits per heavy atom. The average Bonchev–Trinajstić information content (AvgIpc) is 2.89. The first-order valence-corrected chi connectivity index (χ1v) is 8.40. The fourth-order valence-electron chi connectivity index (χ4n) is 2.39. The predicted molar refractivity (Wildman–Crippen MR) is 106 cm³/mol. The second kappa shape index (κ2) is 8.50. The number of nitrogens with two attached hydrogens (primary N) is 1. The standard InChI is InChI=1S/C19H28N4O.ClH/c1-13-8-6-7-9-15(13)23-17(12-16(22-23)19(3,4)5)21-18(24)11-10-14(2)20;/h6-9,12,14H,10-11,20H2,1-5H3,(H,21,24);1H. The summed E-state index contributed by atoms with van der Waals surface area (Å²) in [6.45, 7) is 10.3. The molecule has 2 rings (SSSR count). The Hall–Kier alpha value is -1.85. The first-order valence-electron chi connectivity index (χ1n) is 8.40. The minimum Gasteiger partial charge on any atom is -0.328 e. The maximum absolute atomic E-state index is 12.2. The lowest BCUT2D eigenvalue weighted by Crippen LogP contribution is -2.20. The first-order chi connectivity index (χ1) is 11.2. The van der Waals surface area contributed by atoms with Gasteiger partial charge in [-0.15, -0.1) is 12.4 Å². The van der Waals surface area contributed by atoms with Gasteiger partial charge in [-0.25, -0.2) is 4.68 Å². The van der Waals surface area contributed by atoms with Crippen LogP contribution in [-0.4, -0.2) is 21.7 Å². The highest BCUT2D eigenvalue weighted by molar-refractivity contribution is 5.90. The first kappa shape index (κ1) is 21.2. The summed E-state index contributed by atoms with van der Waals surface area (Å²) in [5, 5.41) is 7.73. The Bertz CT molecular complexity index is 716. The van der Waals surface area contributed by atoms with Gasteiger partial charge in [-0.2, -0.15) is 5.10 Å². The van der Waals surface area contributed by atoms with E-state index in [-0.39, 0.29) is 29.8 Å². The molecule has 0 fully saturated rings. The van der Waals surface area contributed by atoms with E-state index in [1.165, 1.54) is 0 Å². The summed E-state index contributed by atoms with van der Waals surface area (Å²) in [6, 6.07) is 9.98. The van der Waals surface area contributed by atoms with Crippen LogP contribution < -0.4 is 11.1 Å². The number of carbonyl (C=O) groups excluding carboxylic acids is 1. The van der Waals surface area contributed by atoms with Crippen LogP contribution in [0.25, 0.3) is 5.69 Å². The number of aromatic nitrogens is 2. The summed E-state index contributed by atoms with van der Waals surface area (Å²) >= 11 is 0. The largest absolute Gasteiger partial charge is 0.328 e. The normalized spacial score (nSPS) is 12.4. The number of hydrogen-bond acceptors (Lipinski definition) is 3. The van der Waals surface area contributed by atoms with Gasteiger partial charge < -0.3 is 11.1 Å². The van der Waals surface area contributed by atoms with Crippen LogP contribution >= 0.6 is 12.4 Å². The van der Waals surface area contributed by atoms with E-state index in [4.69, 9.17) is 10.8 Å². The summed E-state index contributed by atoms with van der Waals surface area (Å²) in [5.74, 6) is 0.659. The van der Waals surface area contributed by atoms with Gasteiger partial charge in [0, 0.05) is 23.9 Å². The number of hydrogen-bond donors (Lipinski definition) is 2. The van der Waals surface area contributed by atoms with Crippen molar-refractivity contribution in [2.24, 2.45) is 5.73 Å². The van der Waals surface area contributed by atoms with Crippen molar-refractivity contribution in [3.63, 3.8) is 0 Å². The van der Waals surface area contributed by atoms with E-state index in [0.29, 0.717) is 18.7 Å². The van der Waals surface area contributed by atoms with E-state index >= 15 is 0 Å². The molecule has 0 aliphatic rings. The third-order valence-corrected chi connectivity index (χ3v) is 3.92. The van der Waals surface area contributed by atoms with Gasteiger partial charge in [-0.3, -0.25) is 4.79 Å². The van der Waals surface area contributed by atoms with Crippen molar-refractivity contribution in [1.82, 2.24) is 9.78 Å². The van der Waals surface area contributed by atoms with Crippen molar-refractivity contribution in [3.05, 3.63) is 41.6 Å². The number of amides is 1. The number of halogens is 1. The number of nitrogens with one attached hydrogen (secondary N) is 1. The zero-order valence-electron chi connectivity index (χ0n) is 15.7. The molecule has 0 radical (unpaired) electrons. The molecule has 138 valence electrons. The summed E-state index contributed by atoms with van der Waals surface area (Å²) in [6.07, 6.45) is 1.07. The smallest absolute Gasteiger partial charge is 0.225 e. The molecule has 1 unspecified atom stereocenters. The number of nitrogens with zero attached hydrogens (tertiary/aromatic N) is 2. The Morgan fingerprint density at radius 3 is 2.52 bits per heavy atom. The van der Waals surface area contributed by atoms with Crippen LogP contribution in [0.15, 0.2) is 30.3 Å². The monoisotopic (exact) mass is 364 g/mol. The van der Waals surface area contributed by atoms with Crippen LogP contribution in [0.3, 0.4) is 0 Å². The highest BCUT2D eigenvalue weighted by atomic mass is 35.5. The van der Waals surface area contributed by atoms with E-state index in [9.17, 15) is 4.79 Å². The van der Waals surface area contributed by atoms with Crippen LogP contribution in [0, 0.1) is 6.92 Å². The summed E-state index contributed by atoms with van der Waals surface area (Å²) in [5.41, 5.74) is 8.65. The van der Waals surface area contributed by atoms with Crippen LogP contribution in [0.1, 0.15) is 51.8 Å². The van der Waals surface area contributed by atoms with Gasteiger partial charge in [0.25, 0.3) is 0 Å². The van der Waals surface area contributed by atoms with Crippen molar-refractivity contribution in [2.45, 2.75) is 58.9 Å². The van der Waals surface area contributed by atoms with Crippen molar-refractivity contribution in [3.8, 4) is 5.69 Å². The lowest BCUT2D eigenvalue weighted by atomic mass is 9.92. The number of anilines is 1. The van der Waals surface area contributed by atoms with Gasteiger partial charge in [0.2, 0.25) is 5.91 Å². The molecule has 1 aromatic heterocycles. The molecule has 0 aliphatic heterocycles. The highest BCUT2D eigenvalue weighted by Crippen LogP contribution is 2.27. The zero-order valence-corrected chi connectivity index (χ0v) is 16.5. The number of benzene rings is 1. The number of para-hydroxylation sites is 1. The minimum absolute atomic E-state index is 0. The lowest BCUT2D eigenvalue weighted by molar-refractivity contribution is -0.116. The molecule has 3 N–H and O–H groups in total. The van der Waals surface area contributed by atoms with E-state index in [0.717, 1.165) is 16.9 Å². The van der Waals surface area contributed by atoms with E-state index in [1.807, 2.05) is 48.9 Å². The molecule has 1 aromatic carbocycles. The molecule has 0 bridgehead atoms. The Labute approximate surface area is 156 Å². The molecular formula is C19H29ClN4O. The summed E-state index contributed by atoms with van der Waals surface area (Å²) < 4.78 is 1.82. The molecule has 0 aliphatic carbocycles. The van der Waals surface area contributed by atoms with Crippen molar-refractivity contribution in [1.29, 1.82) is 0 Å². The molecule has 2 aromatic rings. The van der Waals surface area contributed by atoms with Crippen molar-refractivity contribution < 1.29 is 4.79 Å². The molecule has 1 amide bonds. The Morgan fingerprint density at radius 1 is 1.32 bits per heavy atom. The van der Waals surface area contributed by atoms with Gasteiger partial charge in [-0.05, 0) is 31.9 Å². The second-order valence-electron chi connectivity index (χ2n) is 7.43. The summed E-state index contributed by atoms with van der Waals surface area (Å²) in [4.78, 5) is 12.2. The van der Waals surface area contributed by atoms with Gasteiger partial charge in [0.15, 0.2) is 0 Å². The molecule has 1 atom stereocenters.